The minimum atomic E-state index is -0.239. The summed E-state index contributed by atoms with van der Waals surface area (Å²) in [7, 11) is 0. The lowest BCUT2D eigenvalue weighted by Crippen LogP contribution is -2.25. The number of amides is 1. The molecule has 0 aromatic heterocycles. The highest BCUT2D eigenvalue weighted by atomic mass is 16.1. The first-order valence-corrected chi connectivity index (χ1v) is 4.86. The molecule has 3 heteroatoms. The molecule has 0 bridgehead atoms. The molecule has 4 N–H and O–H groups in total. The highest BCUT2D eigenvalue weighted by molar-refractivity contribution is 5.83. The van der Waals surface area contributed by atoms with Crippen LogP contribution in [0.2, 0.25) is 0 Å². The minimum absolute atomic E-state index is 0.137. The molecule has 1 atom stereocenters. The number of hydrogen-bond acceptors (Lipinski definition) is 2. The van der Waals surface area contributed by atoms with Crippen LogP contribution in [-0.4, -0.2) is 5.91 Å². The van der Waals surface area contributed by atoms with E-state index in [0.717, 1.165) is 36.1 Å². The van der Waals surface area contributed by atoms with Crippen molar-refractivity contribution in [2.24, 2.45) is 5.73 Å². The molecule has 0 spiro atoms. The Balaban J connectivity index is 2.49. The van der Waals surface area contributed by atoms with Crippen molar-refractivity contribution < 1.29 is 4.79 Å². The van der Waals surface area contributed by atoms with Gasteiger partial charge in [0.2, 0.25) is 5.91 Å². The fourth-order valence-corrected chi connectivity index (χ4v) is 2.17. The second-order valence-corrected chi connectivity index (χ2v) is 3.76. The topological polar surface area (TPSA) is 69.1 Å². The first kappa shape index (κ1) is 9.06. The van der Waals surface area contributed by atoms with Crippen LogP contribution in [0.3, 0.4) is 0 Å². The molecule has 0 saturated heterocycles. The van der Waals surface area contributed by atoms with Crippen LogP contribution in [0.25, 0.3) is 0 Å². The van der Waals surface area contributed by atoms with Gasteiger partial charge in [-0.25, -0.2) is 0 Å². The normalized spacial score (nSPS) is 20.1. The van der Waals surface area contributed by atoms with Crippen LogP contribution in [0.4, 0.5) is 5.69 Å². The number of nitrogens with two attached hydrogens (primary N) is 2. The van der Waals surface area contributed by atoms with Gasteiger partial charge in [0.05, 0.1) is 5.92 Å². The zero-order chi connectivity index (χ0) is 10.1. The van der Waals surface area contributed by atoms with Gasteiger partial charge in [0.1, 0.15) is 0 Å². The van der Waals surface area contributed by atoms with E-state index in [1.807, 2.05) is 18.2 Å². The Kier molecular flexibility index (Phi) is 2.15. The molecule has 3 nitrogen and oxygen atoms in total. The van der Waals surface area contributed by atoms with Gasteiger partial charge in [-0.05, 0) is 36.5 Å². The van der Waals surface area contributed by atoms with Crippen LogP contribution in [-0.2, 0) is 11.2 Å². The summed E-state index contributed by atoms with van der Waals surface area (Å²) in [6.45, 7) is 0. The van der Waals surface area contributed by atoms with E-state index in [4.69, 9.17) is 11.5 Å². The van der Waals surface area contributed by atoms with Crippen LogP contribution in [0.5, 0.6) is 0 Å². The number of fused-ring (bicyclic) bond motifs is 1. The quantitative estimate of drug-likeness (QED) is 0.653. The molecular formula is C11H14N2O. The zero-order valence-corrected chi connectivity index (χ0v) is 7.99. The zero-order valence-electron chi connectivity index (χ0n) is 7.99. The van der Waals surface area contributed by atoms with E-state index in [1.54, 1.807) is 0 Å². The summed E-state index contributed by atoms with van der Waals surface area (Å²) in [4.78, 5) is 11.2. The molecule has 1 aliphatic carbocycles. The Bertz CT molecular complexity index is 374. The van der Waals surface area contributed by atoms with Crippen molar-refractivity contribution in [2.75, 3.05) is 5.73 Å². The Morgan fingerprint density at radius 3 is 2.93 bits per heavy atom. The number of carbonyl (C=O) groups is 1. The van der Waals surface area contributed by atoms with Crippen molar-refractivity contribution in [3.05, 3.63) is 29.3 Å². The molecular weight excluding hydrogens is 176 g/mol. The first-order valence-electron chi connectivity index (χ1n) is 4.86. The van der Waals surface area contributed by atoms with Crippen molar-refractivity contribution in [1.29, 1.82) is 0 Å². The van der Waals surface area contributed by atoms with Crippen molar-refractivity contribution in [3.8, 4) is 0 Å². The number of rotatable bonds is 1. The van der Waals surface area contributed by atoms with E-state index in [-0.39, 0.29) is 11.8 Å². The van der Waals surface area contributed by atoms with Gasteiger partial charge >= 0.3 is 0 Å². The molecule has 1 unspecified atom stereocenters. The lowest BCUT2D eigenvalue weighted by atomic mass is 9.82. The number of nitrogen functional groups attached to an aromatic ring is 1. The van der Waals surface area contributed by atoms with E-state index < -0.39 is 0 Å². The van der Waals surface area contributed by atoms with Gasteiger partial charge in [-0.15, -0.1) is 0 Å². The number of benzene rings is 1. The SMILES string of the molecule is NC(=O)C1CCCc2c(N)cccc21. The van der Waals surface area contributed by atoms with Gasteiger partial charge in [0.15, 0.2) is 0 Å². The fraction of sp³-hybridized carbons (Fsp3) is 0.364. The fourth-order valence-electron chi connectivity index (χ4n) is 2.17. The molecule has 0 aliphatic heterocycles. The third-order valence-electron chi connectivity index (χ3n) is 2.89. The average molecular weight is 190 g/mol. The van der Waals surface area contributed by atoms with Crippen LogP contribution >= 0.6 is 0 Å². The number of carbonyl (C=O) groups excluding carboxylic acids is 1. The van der Waals surface area contributed by atoms with Crippen molar-refractivity contribution in [1.82, 2.24) is 0 Å². The molecule has 74 valence electrons. The Labute approximate surface area is 83.1 Å². The predicted octanol–water partition coefficient (Wildman–Crippen LogP) is 1.17. The summed E-state index contributed by atoms with van der Waals surface area (Å²) in [5.41, 5.74) is 14.1. The Morgan fingerprint density at radius 1 is 1.43 bits per heavy atom. The molecule has 1 amide bonds. The van der Waals surface area contributed by atoms with Crippen molar-refractivity contribution in [3.63, 3.8) is 0 Å². The molecule has 1 aromatic rings. The molecule has 2 rings (SSSR count). The standard InChI is InChI=1S/C11H14N2O/c12-10-6-2-3-7-8(10)4-1-5-9(7)11(13)14/h2-3,6,9H,1,4-5,12H2,(H2,13,14). The summed E-state index contributed by atoms with van der Waals surface area (Å²) in [5, 5.41) is 0. The van der Waals surface area contributed by atoms with E-state index in [9.17, 15) is 4.79 Å². The van der Waals surface area contributed by atoms with Gasteiger partial charge in [0, 0.05) is 5.69 Å². The van der Waals surface area contributed by atoms with Crippen LogP contribution in [0.15, 0.2) is 18.2 Å². The smallest absolute Gasteiger partial charge is 0.224 e. The lowest BCUT2D eigenvalue weighted by Gasteiger charge is -2.24. The van der Waals surface area contributed by atoms with Gasteiger partial charge < -0.3 is 11.5 Å². The molecule has 0 saturated carbocycles. The molecule has 1 aromatic carbocycles. The van der Waals surface area contributed by atoms with Gasteiger partial charge in [0.25, 0.3) is 0 Å². The van der Waals surface area contributed by atoms with Crippen LogP contribution in [0, 0.1) is 0 Å². The van der Waals surface area contributed by atoms with Gasteiger partial charge in [-0.3, -0.25) is 4.79 Å². The summed E-state index contributed by atoms with van der Waals surface area (Å²) in [5.74, 6) is -0.376. The second kappa shape index (κ2) is 3.33. The van der Waals surface area contributed by atoms with E-state index in [2.05, 4.69) is 0 Å². The van der Waals surface area contributed by atoms with Gasteiger partial charge in [-0.2, -0.15) is 0 Å². The summed E-state index contributed by atoms with van der Waals surface area (Å²) in [6.07, 6.45) is 2.81. The third-order valence-corrected chi connectivity index (χ3v) is 2.89. The van der Waals surface area contributed by atoms with Crippen LogP contribution < -0.4 is 11.5 Å². The molecule has 0 heterocycles. The highest BCUT2D eigenvalue weighted by Gasteiger charge is 2.25. The van der Waals surface area contributed by atoms with Crippen molar-refractivity contribution in [2.45, 2.75) is 25.2 Å². The number of hydrogen-bond donors (Lipinski definition) is 2. The largest absolute Gasteiger partial charge is 0.398 e. The molecule has 14 heavy (non-hydrogen) atoms. The van der Waals surface area contributed by atoms with E-state index >= 15 is 0 Å². The average Bonchev–Trinajstić information content (AvgIpc) is 2.17. The highest BCUT2D eigenvalue weighted by Crippen LogP contribution is 2.34. The predicted molar refractivity (Wildman–Crippen MR) is 55.7 cm³/mol. The number of primary amides is 1. The Morgan fingerprint density at radius 2 is 2.21 bits per heavy atom. The summed E-state index contributed by atoms with van der Waals surface area (Å²) >= 11 is 0. The van der Waals surface area contributed by atoms with E-state index in [0.29, 0.717) is 0 Å². The minimum Gasteiger partial charge on any atom is -0.398 e. The van der Waals surface area contributed by atoms with Crippen molar-refractivity contribution >= 4 is 11.6 Å². The summed E-state index contributed by atoms with van der Waals surface area (Å²) in [6, 6.07) is 5.72. The molecule has 0 radical (unpaired) electrons. The lowest BCUT2D eigenvalue weighted by molar-refractivity contribution is -0.119. The number of anilines is 1. The maximum Gasteiger partial charge on any atom is 0.224 e. The summed E-state index contributed by atoms with van der Waals surface area (Å²) < 4.78 is 0. The maximum absolute atomic E-state index is 11.2. The van der Waals surface area contributed by atoms with E-state index in [1.165, 1.54) is 0 Å². The first-order chi connectivity index (χ1) is 6.70. The van der Waals surface area contributed by atoms with Gasteiger partial charge in [-0.1, -0.05) is 12.1 Å². The third kappa shape index (κ3) is 1.35. The molecule has 0 fully saturated rings. The molecule has 1 aliphatic rings. The van der Waals surface area contributed by atoms with Crippen LogP contribution in [0.1, 0.15) is 29.9 Å². The maximum atomic E-state index is 11.2. The second-order valence-electron chi connectivity index (χ2n) is 3.76. The monoisotopic (exact) mass is 190 g/mol. The Hall–Kier alpha value is -1.51.